The van der Waals surface area contributed by atoms with Crippen molar-refractivity contribution in [2.45, 2.75) is 39.5 Å². The van der Waals surface area contributed by atoms with E-state index in [1.54, 1.807) is 19.1 Å². The first-order valence-corrected chi connectivity index (χ1v) is 9.59. The van der Waals surface area contributed by atoms with Crippen LogP contribution in [-0.4, -0.2) is 24.1 Å². The van der Waals surface area contributed by atoms with Gasteiger partial charge in [-0.05, 0) is 72.6 Å². The van der Waals surface area contributed by atoms with Gasteiger partial charge in [0, 0.05) is 18.3 Å². The molecule has 0 saturated carbocycles. The van der Waals surface area contributed by atoms with Gasteiger partial charge in [-0.15, -0.1) is 0 Å². The van der Waals surface area contributed by atoms with Crippen LogP contribution in [0.3, 0.4) is 0 Å². The Kier molecular flexibility index (Phi) is 7.80. The molecule has 1 atom stereocenters. The second kappa shape index (κ2) is 10.1. The van der Waals surface area contributed by atoms with Gasteiger partial charge in [0.1, 0.15) is 11.6 Å². The maximum atomic E-state index is 13.1. The first-order valence-electron chi connectivity index (χ1n) is 8.80. The first-order chi connectivity index (χ1) is 13.2. The highest BCUT2D eigenvalue weighted by Gasteiger charge is 2.16. The number of amides is 3. The summed E-state index contributed by atoms with van der Waals surface area (Å²) >= 11 is 3.21. The molecule has 3 N–H and O–H groups in total. The van der Waals surface area contributed by atoms with Crippen LogP contribution in [0.1, 0.15) is 26.3 Å². The number of carbonyl (C=O) groups is 2. The summed E-state index contributed by atoms with van der Waals surface area (Å²) in [4.78, 5) is 23.9. The van der Waals surface area contributed by atoms with Crippen LogP contribution < -0.4 is 20.7 Å². The van der Waals surface area contributed by atoms with Crippen LogP contribution in [0.25, 0.3) is 0 Å². The molecule has 2 aromatic carbocycles. The minimum absolute atomic E-state index is 0.0502. The van der Waals surface area contributed by atoms with Crippen LogP contribution in [-0.2, 0) is 11.3 Å². The fourth-order valence-electron chi connectivity index (χ4n) is 2.28. The summed E-state index contributed by atoms with van der Waals surface area (Å²) in [5, 5.41) is 8.25. The van der Waals surface area contributed by atoms with E-state index in [1.165, 1.54) is 18.2 Å². The van der Waals surface area contributed by atoms with Gasteiger partial charge in [0.05, 0.1) is 4.47 Å². The van der Waals surface area contributed by atoms with Crippen LogP contribution in [0.5, 0.6) is 5.75 Å². The molecule has 0 aliphatic heterocycles. The SMILES string of the molecule is CC(C)NC(=O)Nc1ccc(CNC(=O)C(C)Oc2ccc(F)cc2Br)cc1. The third-order valence-electron chi connectivity index (χ3n) is 3.67. The zero-order valence-corrected chi connectivity index (χ0v) is 17.5. The molecule has 2 aromatic rings. The first kappa shape index (κ1) is 21.7. The molecular weight excluding hydrogens is 429 g/mol. The maximum absolute atomic E-state index is 13.1. The summed E-state index contributed by atoms with van der Waals surface area (Å²) in [7, 11) is 0. The molecule has 28 heavy (non-hydrogen) atoms. The highest BCUT2D eigenvalue weighted by atomic mass is 79.9. The summed E-state index contributed by atoms with van der Waals surface area (Å²) < 4.78 is 19.1. The lowest BCUT2D eigenvalue weighted by Gasteiger charge is -2.16. The van der Waals surface area contributed by atoms with Gasteiger partial charge in [-0.2, -0.15) is 0 Å². The van der Waals surface area contributed by atoms with E-state index in [9.17, 15) is 14.0 Å². The van der Waals surface area contributed by atoms with E-state index in [2.05, 4.69) is 31.9 Å². The Morgan fingerprint density at radius 3 is 2.39 bits per heavy atom. The van der Waals surface area contributed by atoms with Crippen LogP contribution in [0.4, 0.5) is 14.9 Å². The number of anilines is 1. The molecule has 0 saturated heterocycles. The third-order valence-corrected chi connectivity index (χ3v) is 4.28. The monoisotopic (exact) mass is 451 g/mol. The number of carbonyl (C=O) groups excluding carboxylic acids is 2. The lowest BCUT2D eigenvalue weighted by atomic mass is 10.2. The average Bonchev–Trinajstić information content (AvgIpc) is 2.62. The normalized spacial score (nSPS) is 11.6. The summed E-state index contributed by atoms with van der Waals surface area (Å²) in [5.41, 5.74) is 1.53. The van der Waals surface area contributed by atoms with Crippen molar-refractivity contribution < 1.29 is 18.7 Å². The van der Waals surface area contributed by atoms with Crippen molar-refractivity contribution in [3.05, 3.63) is 58.3 Å². The van der Waals surface area contributed by atoms with Gasteiger partial charge in [-0.3, -0.25) is 4.79 Å². The minimum Gasteiger partial charge on any atom is -0.480 e. The van der Waals surface area contributed by atoms with E-state index in [0.29, 0.717) is 22.5 Å². The molecule has 0 heterocycles. The van der Waals surface area contributed by atoms with Gasteiger partial charge < -0.3 is 20.7 Å². The molecule has 1 unspecified atom stereocenters. The second-order valence-electron chi connectivity index (χ2n) is 6.50. The standard InChI is InChI=1S/C20H23BrFN3O3/c1-12(2)24-20(27)25-16-7-4-14(5-8-16)11-23-19(26)13(3)28-18-9-6-15(22)10-17(18)21/h4-10,12-13H,11H2,1-3H3,(H,23,26)(H2,24,25,27). The molecule has 0 fully saturated rings. The topological polar surface area (TPSA) is 79.5 Å². The average molecular weight is 452 g/mol. The molecular formula is C20H23BrFN3O3. The summed E-state index contributed by atoms with van der Waals surface area (Å²) in [6, 6.07) is 10.9. The Labute approximate surface area is 172 Å². The number of halogens is 2. The molecule has 0 bridgehead atoms. The predicted molar refractivity (Wildman–Crippen MR) is 110 cm³/mol. The van der Waals surface area contributed by atoms with Gasteiger partial charge in [0.2, 0.25) is 0 Å². The largest absolute Gasteiger partial charge is 0.480 e. The van der Waals surface area contributed by atoms with Crippen LogP contribution in [0, 0.1) is 5.82 Å². The molecule has 0 spiro atoms. The Morgan fingerprint density at radius 2 is 1.79 bits per heavy atom. The predicted octanol–water partition coefficient (Wildman–Crippen LogP) is 4.20. The van der Waals surface area contributed by atoms with Crippen molar-refractivity contribution in [1.29, 1.82) is 0 Å². The number of hydrogen-bond acceptors (Lipinski definition) is 3. The Hall–Kier alpha value is -2.61. The van der Waals surface area contributed by atoms with Crippen LogP contribution in [0.2, 0.25) is 0 Å². The van der Waals surface area contributed by atoms with E-state index in [4.69, 9.17) is 4.74 Å². The van der Waals surface area contributed by atoms with Crippen LogP contribution in [0.15, 0.2) is 46.9 Å². The number of ether oxygens (including phenoxy) is 1. The lowest BCUT2D eigenvalue weighted by Crippen LogP contribution is -2.36. The third kappa shape index (κ3) is 6.84. The highest BCUT2D eigenvalue weighted by molar-refractivity contribution is 9.10. The van der Waals surface area contributed by atoms with Crippen molar-refractivity contribution in [3.8, 4) is 5.75 Å². The van der Waals surface area contributed by atoms with Gasteiger partial charge >= 0.3 is 6.03 Å². The molecule has 2 rings (SSSR count). The molecule has 0 radical (unpaired) electrons. The van der Waals surface area contributed by atoms with Crippen molar-refractivity contribution in [3.63, 3.8) is 0 Å². The smallest absolute Gasteiger partial charge is 0.319 e. The number of rotatable bonds is 7. The second-order valence-corrected chi connectivity index (χ2v) is 7.36. The van der Waals surface area contributed by atoms with Crippen molar-refractivity contribution in [2.24, 2.45) is 0 Å². The Bertz CT molecular complexity index is 828. The van der Waals surface area contributed by atoms with Gasteiger partial charge in [-0.1, -0.05) is 12.1 Å². The Morgan fingerprint density at radius 1 is 1.11 bits per heavy atom. The van der Waals surface area contributed by atoms with E-state index in [1.807, 2.05) is 26.0 Å². The molecule has 0 aromatic heterocycles. The summed E-state index contributed by atoms with van der Waals surface area (Å²) in [6.07, 6.45) is -0.748. The summed E-state index contributed by atoms with van der Waals surface area (Å²) in [5.74, 6) is -0.301. The molecule has 3 amide bonds. The highest BCUT2D eigenvalue weighted by Crippen LogP contribution is 2.26. The zero-order chi connectivity index (χ0) is 20.7. The number of hydrogen-bond donors (Lipinski definition) is 3. The van der Waals surface area contributed by atoms with E-state index >= 15 is 0 Å². The van der Waals surface area contributed by atoms with Gasteiger partial charge in [0.25, 0.3) is 5.91 Å². The molecule has 8 heteroatoms. The molecule has 6 nitrogen and oxygen atoms in total. The van der Waals surface area contributed by atoms with Crippen molar-refractivity contribution >= 4 is 33.6 Å². The quantitative estimate of drug-likeness (QED) is 0.589. The van der Waals surface area contributed by atoms with Gasteiger partial charge in [0.15, 0.2) is 6.10 Å². The van der Waals surface area contributed by atoms with E-state index < -0.39 is 11.9 Å². The number of nitrogens with one attached hydrogen (secondary N) is 3. The fourth-order valence-corrected chi connectivity index (χ4v) is 2.73. The van der Waals surface area contributed by atoms with E-state index in [0.717, 1.165) is 5.56 Å². The van der Waals surface area contributed by atoms with Crippen molar-refractivity contribution in [2.75, 3.05) is 5.32 Å². The molecule has 0 aliphatic rings. The molecule has 0 aliphatic carbocycles. The maximum Gasteiger partial charge on any atom is 0.319 e. The fraction of sp³-hybridized carbons (Fsp3) is 0.300. The van der Waals surface area contributed by atoms with E-state index in [-0.39, 0.29) is 18.0 Å². The van der Waals surface area contributed by atoms with Crippen molar-refractivity contribution in [1.82, 2.24) is 10.6 Å². The summed E-state index contributed by atoms with van der Waals surface area (Å²) in [6.45, 7) is 5.69. The minimum atomic E-state index is -0.748. The molecule has 150 valence electrons. The van der Waals surface area contributed by atoms with Crippen LogP contribution >= 0.6 is 15.9 Å². The lowest BCUT2D eigenvalue weighted by molar-refractivity contribution is -0.127. The number of benzene rings is 2. The number of urea groups is 1. The van der Waals surface area contributed by atoms with Gasteiger partial charge in [-0.25, -0.2) is 9.18 Å². The zero-order valence-electron chi connectivity index (χ0n) is 15.9. The Balaban J connectivity index is 1.83.